The van der Waals surface area contributed by atoms with Crippen molar-refractivity contribution >= 4 is 37.9 Å². The minimum Gasteiger partial charge on any atom is -0.361 e. The van der Waals surface area contributed by atoms with Crippen molar-refractivity contribution in [2.75, 3.05) is 0 Å². The lowest BCUT2D eigenvalue weighted by Gasteiger charge is -2.08. The third kappa shape index (κ3) is 2.36. The molecule has 2 N–H and O–H groups in total. The zero-order valence-corrected chi connectivity index (χ0v) is 14.4. The van der Waals surface area contributed by atoms with Gasteiger partial charge in [0, 0.05) is 28.0 Å². The Morgan fingerprint density at radius 1 is 1.17 bits per heavy atom. The van der Waals surface area contributed by atoms with E-state index >= 15 is 0 Å². The van der Waals surface area contributed by atoms with Gasteiger partial charge in [0.25, 0.3) is 0 Å². The number of fused-ring (bicyclic) bond motifs is 2. The van der Waals surface area contributed by atoms with E-state index in [1.54, 1.807) is 0 Å². The number of hydrogen-bond acceptors (Lipinski definition) is 1. The van der Waals surface area contributed by atoms with E-state index in [4.69, 9.17) is 0 Å². The molecule has 2 aromatic heterocycles. The summed E-state index contributed by atoms with van der Waals surface area (Å²) in [7, 11) is 0. The lowest BCUT2D eigenvalue weighted by atomic mass is 9.98. The third-order valence-electron chi connectivity index (χ3n) is 4.27. The van der Waals surface area contributed by atoms with Crippen LogP contribution in [0.1, 0.15) is 22.5 Å². The zero-order chi connectivity index (χ0) is 16.1. The van der Waals surface area contributed by atoms with Crippen LogP contribution in [-0.2, 0) is 6.42 Å². The Morgan fingerprint density at radius 3 is 2.83 bits per heavy atom. The molecular weight excluding hydrogens is 357 g/mol. The molecule has 0 unspecified atom stereocenters. The molecule has 0 fully saturated rings. The van der Waals surface area contributed by atoms with Crippen LogP contribution in [0.15, 0.2) is 34.9 Å². The number of aromatic nitrogens is 3. The van der Waals surface area contributed by atoms with Gasteiger partial charge in [-0.05, 0) is 48.7 Å². The summed E-state index contributed by atoms with van der Waals surface area (Å²) >= 11 is 3.31. The quantitative estimate of drug-likeness (QED) is 0.502. The van der Waals surface area contributed by atoms with Crippen LogP contribution in [0, 0.1) is 19.7 Å². The minimum atomic E-state index is -0.315. The first-order valence-corrected chi connectivity index (χ1v) is 8.22. The van der Waals surface area contributed by atoms with Crippen LogP contribution >= 0.6 is 15.9 Å². The molecule has 4 rings (SSSR count). The van der Waals surface area contributed by atoms with E-state index in [9.17, 15) is 4.39 Å². The number of benzene rings is 2. The lowest BCUT2D eigenvalue weighted by molar-refractivity contribution is 0.636. The van der Waals surface area contributed by atoms with Crippen LogP contribution in [-0.4, -0.2) is 15.0 Å². The van der Waals surface area contributed by atoms with Crippen LogP contribution in [0.5, 0.6) is 0 Å². The van der Waals surface area contributed by atoms with Crippen LogP contribution in [0.4, 0.5) is 4.39 Å². The van der Waals surface area contributed by atoms with E-state index in [2.05, 4.69) is 56.9 Å². The first-order chi connectivity index (χ1) is 11.0. The van der Waals surface area contributed by atoms with Crippen molar-refractivity contribution in [3.05, 3.63) is 63.3 Å². The van der Waals surface area contributed by atoms with Gasteiger partial charge >= 0.3 is 0 Å². The summed E-state index contributed by atoms with van der Waals surface area (Å²) in [6.07, 6.45) is 2.60. The summed E-state index contributed by atoms with van der Waals surface area (Å²) < 4.78 is 14.7. The number of halogens is 2. The van der Waals surface area contributed by atoms with Gasteiger partial charge in [-0.15, -0.1) is 0 Å². The highest BCUT2D eigenvalue weighted by Gasteiger charge is 2.13. The zero-order valence-electron chi connectivity index (χ0n) is 12.8. The molecule has 5 heteroatoms. The maximum absolute atomic E-state index is 14.0. The van der Waals surface area contributed by atoms with E-state index in [1.165, 1.54) is 28.1 Å². The van der Waals surface area contributed by atoms with Gasteiger partial charge in [-0.2, -0.15) is 0 Å². The highest BCUT2D eigenvalue weighted by atomic mass is 79.9. The van der Waals surface area contributed by atoms with Gasteiger partial charge in [0.1, 0.15) is 11.3 Å². The van der Waals surface area contributed by atoms with Gasteiger partial charge < -0.3 is 9.97 Å². The smallest absolute Gasteiger partial charge is 0.152 e. The summed E-state index contributed by atoms with van der Waals surface area (Å²) in [5, 5.41) is 1.20. The molecule has 0 saturated heterocycles. The SMILES string of the molecule is Cc1cc(C)c2[nH]ccc2c1Cc1nc2c(F)cc(Br)cc2[nH]1. The largest absolute Gasteiger partial charge is 0.361 e. The van der Waals surface area contributed by atoms with Gasteiger partial charge in [0.05, 0.1) is 5.52 Å². The summed E-state index contributed by atoms with van der Waals surface area (Å²) in [5.41, 5.74) is 5.91. The molecule has 0 aliphatic carbocycles. The standard InChI is InChI=1S/C18H15BrFN3/c1-9-5-10(2)17-12(3-4-21-17)13(9)8-16-22-15-7-11(19)6-14(20)18(15)23-16/h3-7,21H,8H2,1-2H3,(H,22,23). The molecule has 116 valence electrons. The molecule has 2 heterocycles. The lowest BCUT2D eigenvalue weighted by Crippen LogP contribution is -1.96. The number of imidazole rings is 1. The average molecular weight is 372 g/mol. The predicted octanol–water partition coefficient (Wildman–Crippen LogP) is 5.15. The van der Waals surface area contributed by atoms with Gasteiger partial charge in [0.2, 0.25) is 0 Å². The number of hydrogen-bond donors (Lipinski definition) is 2. The van der Waals surface area contributed by atoms with Gasteiger partial charge in [-0.25, -0.2) is 9.37 Å². The molecule has 4 aromatic rings. The second kappa shape index (κ2) is 5.20. The first kappa shape index (κ1) is 14.5. The van der Waals surface area contributed by atoms with Crippen molar-refractivity contribution in [1.29, 1.82) is 0 Å². The number of rotatable bonds is 2. The van der Waals surface area contributed by atoms with Gasteiger partial charge in [-0.3, -0.25) is 0 Å². The fourth-order valence-corrected chi connectivity index (χ4v) is 3.65. The molecule has 0 bridgehead atoms. The highest BCUT2D eigenvalue weighted by Crippen LogP contribution is 2.28. The first-order valence-electron chi connectivity index (χ1n) is 7.43. The molecule has 0 aliphatic rings. The van der Waals surface area contributed by atoms with Crippen LogP contribution in [0.3, 0.4) is 0 Å². The monoisotopic (exact) mass is 371 g/mol. The maximum Gasteiger partial charge on any atom is 0.152 e. The number of nitrogens with one attached hydrogen (secondary N) is 2. The predicted molar refractivity (Wildman–Crippen MR) is 94.3 cm³/mol. The van der Waals surface area contributed by atoms with Crippen molar-refractivity contribution in [3.63, 3.8) is 0 Å². The molecule has 0 saturated carbocycles. The van der Waals surface area contributed by atoms with Gasteiger partial charge in [0.15, 0.2) is 5.82 Å². The average Bonchev–Trinajstić information content (AvgIpc) is 3.09. The van der Waals surface area contributed by atoms with Crippen molar-refractivity contribution in [2.45, 2.75) is 20.3 Å². The van der Waals surface area contributed by atoms with E-state index in [0.717, 1.165) is 11.3 Å². The Balaban J connectivity index is 1.85. The minimum absolute atomic E-state index is 0.315. The number of nitrogens with zero attached hydrogens (tertiary/aromatic N) is 1. The van der Waals surface area contributed by atoms with Crippen molar-refractivity contribution in [3.8, 4) is 0 Å². The molecule has 0 spiro atoms. The normalized spacial score (nSPS) is 11.7. The Bertz CT molecular complexity index is 1050. The van der Waals surface area contributed by atoms with Crippen LogP contribution < -0.4 is 0 Å². The summed E-state index contributed by atoms with van der Waals surface area (Å²) in [6, 6.07) is 7.55. The van der Waals surface area contributed by atoms with Crippen molar-refractivity contribution < 1.29 is 4.39 Å². The molecule has 0 radical (unpaired) electrons. The van der Waals surface area contributed by atoms with E-state index in [-0.39, 0.29) is 5.82 Å². The van der Waals surface area contributed by atoms with Crippen molar-refractivity contribution in [2.24, 2.45) is 0 Å². The molecule has 23 heavy (non-hydrogen) atoms. The molecular formula is C18H15BrFN3. The Labute approximate surface area is 141 Å². The molecule has 2 aromatic carbocycles. The Morgan fingerprint density at radius 2 is 2.00 bits per heavy atom. The highest BCUT2D eigenvalue weighted by molar-refractivity contribution is 9.10. The summed E-state index contributed by atoms with van der Waals surface area (Å²) in [4.78, 5) is 11.0. The van der Waals surface area contributed by atoms with Crippen LogP contribution in [0.2, 0.25) is 0 Å². The third-order valence-corrected chi connectivity index (χ3v) is 4.73. The fraction of sp³-hybridized carbons (Fsp3) is 0.167. The number of H-pyrrole nitrogens is 2. The number of aryl methyl sites for hydroxylation is 2. The van der Waals surface area contributed by atoms with Crippen LogP contribution in [0.25, 0.3) is 21.9 Å². The molecule has 3 nitrogen and oxygen atoms in total. The second-order valence-corrected chi connectivity index (χ2v) is 6.81. The van der Waals surface area contributed by atoms with Gasteiger partial charge in [-0.1, -0.05) is 22.0 Å². The van der Waals surface area contributed by atoms with E-state index < -0.39 is 0 Å². The molecule has 0 amide bonds. The molecule has 0 atom stereocenters. The summed E-state index contributed by atoms with van der Waals surface area (Å²) in [5.74, 6) is 0.454. The topological polar surface area (TPSA) is 44.5 Å². The van der Waals surface area contributed by atoms with Crippen molar-refractivity contribution in [1.82, 2.24) is 15.0 Å². The Kier molecular flexibility index (Phi) is 3.27. The molecule has 0 aliphatic heterocycles. The second-order valence-electron chi connectivity index (χ2n) is 5.90. The Hall–Kier alpha value is -2.14. The van der Waals surface area contributed by atoms with E-state index in [1.807, 2.05) is 12.3 Å². The maximum atomic E-state index is 14.0. The number of aromatic amines is 2. The summed E-state index contributed by atoms with van der Waals surface area (Å²) in [6.45, 7) is 4.21. The van der Waals surface area contributed by atoms with E-state index in [0.29, 0.717) is 21.9 Å². The fourth-order valence-electron chi connectivity index (χ4n) is 3.22.